The summed E-state index contributed by atoms with van der Waals surface area (Å²) in [6.07, 6.45) is 5.26. The number of fused-ring (bicyclic) bond motifs is 1. The number of hydrogen-bond donors (Lipinski definition) is 1. The highest BCUT2D eigenvalue weighted by Gasteiger charge is 2.27. The van der Waals surface area contributed by atoms with E-state index in [0.717, 1.165) is 50.9 Å². The Labute approximate surface area is 175 Å². The minimum Gasteiger partial charge on any atom is -0.478 e. The largest absolute Gasteiger partial charge is 0.478 e. The Morgan fingerprint density at radius 3 is 2.69 bits per heavy atom. The Morgan fingerprint density at radius 1 is 1.21 bits per heavy atom. The van der Waals surface area contributed by atoms with Gasteiger partial charge in [0.25, 0.3) is 0 Å². The summed E-state index contributed by atoms with van der Waals surface area (Å²) < 4.78 is 6.37. The summed E-state index contributed by atoms with van der Waals surface area (Å²) in [6, 6.07) is 14.3. The van der Waals surface area contributed by atoms with E-state index < -0.39 is 5.97 Å². The van der Waals surface area contributed by atoms with Crippen molar-refractivity contribution < 1.29 is 14.6 Å². The number of hydrogen-bond acceptors (Lipinski definition) is 3. The lowest BCUT2D eigenvalue weighted by molar-refractivity contribution is 0.0699. The molecular formula is C25H26O3S. The van der Waals surface area contributed by atoms with E-state index in [0.29, 0.717) is 17.6 Å². The minimum atomic E-state index is -0.843. The molecule has 1 aliphatic rings. The number of allylic oxidation sites excluding steroid dienone is 2. The van der Waals surface area contributed by atoms with Crippen molar-refractivity contribution in [2.75, 3.05) is 7.11 Å². The van der Waals surface area contributed by atoms with Crippen LogP contribution in [0.25, 0.3) is 26.8 Å². The lowest BCUT2D eigenvalue weighted by atomic mass is 9.78. The molecule has 0 atom stereocenters. The van der Waals surface area contributed by atoms with Gasteiger partial charge in [-0.3, -0.25) is 0 Å². The van der Waals surface area contributed by atoms with E-state index in [1.807, 2.05) is 24.3 Å². The molecule has 150 valence electrons. The van der Waals surface area contributed by atoms with Gasteiger partial charge in [-0.25, -0.2) is 4.79 Å². The van der Waals surface area contributed by atoms with Crippen LogP contribution < -0.4 is 0 Å². The lowest BCUT2D eigenvalue weighted by Crippen LogP contribution is -2.14. The number of methoxy groups -OCH3 is 1. The zero-order valence-electron chi connectivity index (χ0n) is 17.1. The van der Waals surface area contributed by atoms with Gasteiger partial charge in [0.2, 0.25) is 0 Å². The minimum absolute atomic E-state index is 0.293. The second-order valence-corrected chi connectivity index (χ2v) is 9.56. The smallest absolute Gasteiger partial charge is 0.337 e. The SMILES string of the molecule is COCc1ccccc1-c1ccc2c(C(=O)O)c(C3=CCC(C)(C)CC3)sc2c1. The fourth-order valence-corrected chi connectivity index (χ4v) is 5.37. The highest BCUT2D eigenvalue weighted by Crippen LogP contribution is 2.44. The van der Waals surface area contributed by atoms with Gasteiger partial charge in [-0.05, 0) is 53.0 Å². The molecule has 1 heterocycles. The molecule has 0 aliphatic heterocycles. The molecule has 3 nitrogen and oxygen atoms in total. The van der Waals surface area contributed by atoms with Crippen LogP contribution in [-0.4, -0.2) is 18.2 Å². The van der Waals surface area contributed by atoms with E-state index in [2.05, 4.69) is 38.1 Å². The number of carbonyl (C=O) groups is 1. The summed E-state index contributed by atoms with van der Waals surface area (Å²) in [5.74, 6) is -0.843. The van der Waals surface area contributed by atoms with Crippen LogP contribution in [0.1, 0.15) is 53.9 Å². The summed E-state index contributed by atoms with van der Waals surface area (Å²) >= 11 is 1.61. The second-order valence-electron chi connectivity index (χ2n) is 8.51. The monoisotopic (exact) mass is 406 g/mol. The first kappa shape index (κ1) is 19.9. The second kappa shape index (κ2) is 7.77. The van der Waals surface area contributed by atoms with E-state index in [4.69, 9.17) is 4.74 Å². The zero-order chi connectivity index (χ0) is 20.6. The molecule has 0 saturated heterocycles. The Hall–Kier alpha value is -2.43. The van der Waals surface area contributed by atoms with Gasteiger partial charge in [0.05, 0.1) is 12.2 Å². The molecule has 0 fully saturated rings. The van der Waals surface area contributed by atoms with Crippen molar-refractivity contribution in [2.45, 2.75) is 39.7 Å². The molecule has 4 rings (SSSR count). The van der Waals surface area contributed by atoms with Gasteiger partial charge in [-0.2, -0.15) is 0 Å². The maximum atomic E-state index is 12.1. The van der Waals surface area contributed by atoms with Crippen LogP contribution in [0.5, 0.6) is 0 Å². The average molecular weight is 407 g/mol. The van der Waals surface area contributed by atoms with Crippen molar-refractivity contribution in [3.63, 3.8) is 0 Å². The quantitative estimate of drug-likeness (QED) is 0.496. The summed E-state index contributed by atoms with van der Waals surface area (Å²) in [4.78, 5) is 13.0. The van der Waals surface area contributed by atoms with Gasteiger partial charge in [-0.1, -0.05) is 56.3 Å². The number of thiophene rings is 1. The predicted molar refractivity (Wildman–Crippen MR) is 121 cm³/mol. The Balaban J connectivity index is 1.83. The Kier molecular flexibility index (Phi) is 5.32. The van der Waals surface area contributed by atoms with Gasteiger partial charge < -0.3 is 9.84 Å². The van der Waals surface area contributed by atoms with Crippen LogP contribution in [-0.2, 0) is 11.3 Å². The normalized spacial score (nSPS) is 16.0. The topological polar surface area (TPSA) is 46.5 Å². The van der Waals surface area contributed by atoms with Crippen molar-refractivity contribution in [3.8, 4) is 11.1 Å². The summed E-state index contributed by atoms with van der Waals surface area (Å²) in [5.41, 5.74) is 5.27. The molecular weight excluding hydrogens is 380 g/mol. The molecule has 2 aromatic carbocycles. The predicted octanol–water partition coefficient (Wildman–Crippen LogP) is 7.01. The van der Waals surface area contributed by atoms with Crippen LogP contribution in [0.2, 0.25) is 0 Å². The van der Waals surface area contributed by atoms with E-state index in [9.17, 15) is 9.90 Å². The van der Waals surface area contributed by atoms with Gasteiger partial charge in [0.15, 0.2) is 0 Å². The number of rotatable bonds is 5. The van der Waals surface area contributed by atoms with Crippen molar-refractivity contribution in [3.05, 3.63) is 64.5 Å². The molecule has 1 aromatic heterocycles. The highest BCUT2D eigenvalue weighted by molar-refractivity contribution is 7.20. The standard InChI is InChI=1S/C25H26O3S/c1-25(2)12-10-16(11-13-25)23-22(24(26)27)20-9-8-17(14-21(20)29-23)19-7-5-4-6-18(19)15-28-3/h4-10,14H,11-13,15H2,1-3H3,(H,26,27). The van der Waals surface area contributed by atoms with Crippen molar-refractivity contribution in [1.29, 1.82) is 0 Å². The van der Waals surface area contributed by atoms with Gasteiger partial charge >= 0.3 is 5.97 Å². The van der Waals surface area contributed by atoms with Crippen LogP contribution >= 0.6 is 11.3 Å². The molecule has 0 saturated carbocycles. The van der Waals surface area contributed by atoms with Crippen molar-refractivity contribution >= 4 is 33.0 Å². The first-order chi connectivity index (χ1) is 13.9. The number of aromatic carboxylic acids is 1. The number of carboxylic acids is 1. The molecule has 0 unspecified atom stereocenters. The van der Waals surface area contributed by atoms with E-state index in [1.54, 1.807) is 18.4 Å². The maximum Gasteiger partial charge on any atom is 0.337 e. The third-order valence-electron chi connectivity index (χ3n) is 5.80. The summed E-state index contributed by atoms with van der Waals surface area (Å²) in [5, 5.41) is 10.8. The first-order valence-corrected chi connectivity index (χ1v) is 10.8. The molecule has 4 heteroatoms. The molecule has 0 amide bonds. The molecule has 1 N–H and O–H groups in total. The van der Waals surface area contributed by atoms with Crippen molar-refractivity contribution in [1.82, 2.24) is 0 Å². The Morgan fingerprint density at radius 2 is 2.00 bits per heavy atom. The van der Waals surface area contributed by atoms with E-state index in [1.165, 1.54) is 5.57 Å². The van der Waals surface area contributed by atoms with E-state index in [-0.39, 0.29) is 0 Å². The molecule has 0 radical (unpaired) electrons. The third-order valence-corrected chi connectivity index (χ3v) is 7.02. The molecule has 0 spiro atoms. The maximum absolute atomic E-state index is 12.1. The van der Waals surface area contributed by atoms with Crippen molar-refractivity contribution in [2.24, 2.45) is 5.41 Å². The molecule has 1 aliphatic carbocycles. The number of benzene rings is 2. The van der Waals surface area contributed by atoms with Crippen LogP contribution in [0.4, 0.5) is 0 Å². The fraction of sp³-hybridized carbons (Fsp3) is 0.320. The molecule has 0 bridgehead atoms. The zero-order valence-corrected chi connectivity index (χ0v) is 17.9. The van der Waals surface area contributed by atoms with Gasteiger partial charge in [0.1, 0.15) is 0 Å². The number of carboxylic acid groups (broad SMARTS) is 1. The highest BCUT2D eigenvalue weighted by atomic mass is 32.1. The molecule has 3 aromatic rings. The van der Waals surface area contributed by atoms with Crippen LogP contribution in [0.3, 0.4) is 0 Å². The third kappa shape index (κ3) is 3.87. The average Bonchev–Trinajstić information content (AvgIpc) is 3.07. The van der Waals surface area contributed by atoms with Gasteiger partial charge in [0, 0.05) is 22.1 Å². The summed E-state index contributed by atoms with van der Waals surface area (Å²) in [7, 11) is 1.70. The Bertz CT molecular complexity index is 1100. The van der Waals surface area contributed by atoms with Crippen LogP contribution in [0, 0.1) is 5.41 Å². The fourth-order valence-electron chi connectivity index (χ4n) is 4.07. The van der Waals surface area contributed by atoms with Crippen LogP contribution in [0.15, 0.2) is 48.5 Å². The van der Waals surface area contributed by atoms with Gasteiger partial charge in [-0.15, -0.1) is 11.3 Å². The lowest BCUT2D eigenvalue weighted by Gasteiger charge is -2.28. The number of ether oxygens (including phenoxy) is 1. The van der Waals surface area contributed by atoms with E-state index >= 15 is 0 Å². The first-order valence-electron chi connectivity index (χ1n) is 9.96. The summed E-state index contributed by atoms with van der Waals surface area (Å²) in [6.45, 7) is 5.09. The molecule has 29 heavy (non-hydrogen) atoms.